The van der Waals surface area contributed by atoms with E-state index in [1.165, 1.54) is 0 Å². The lowest BCUT2D eigenvalue weighted by Gasteiger charge is -2.29. The highest BCUT2D eigenvalue weighted by molar-refractivity contribution is 7.25. The largest absolute Gasteiger partial charge is 0.378 e. The molecule has 3 heteroatoms. The van der Waals surface area contributed by atoms with Crippen LogP contribution in [0.1, 0.15) is 32.6 Å². The monoisotopic (exact) mass is 160 g/mol. The second kappa shape index (κ2) is 2.98. The average molecular weight is 160 g/mol. The van der Waals surface area contributed by atoms with Gasteiger partial charge >= 0.3 is 0 Å². The standard InChI is InChI=1S/C7H13O2P/c1-6-3-2-4-7(8,5-6)10-9/h6,8H,2-5H2,1H3. The highest BCUT2D eigenvalue weighted by atomic mass is 31.1. The minimum atomic E-state index is -0.891. The summed E-state index contributed by atoms with van der Waals surface area (Å²) in [5.41, 5.74) is 0. The van der Waals surface area contributed by atoms with Gasteiger partial charge in [-0.15, -0.1) is 0 Å². The molecule has 0 spiro atoms. The van der Waals surface area contributed by atoms with Crippen LogP contribution in [0.3, 0.4) is 0 Å². The van der Waals surface area contributed by atoms with Gasteiger partial charge < -0.3 is 5.11 Å². The van der Waals surface area contributed by atoms with Crippen LogP contribution < -0.4 is 0 Å². The normalized spacial score (nSPS) is 42.0. The van der Waals surface area contributed by atoms with Gasteiger partial charge in [0.25, 0.3) is 0 Å². The van der Waals surface area contributed by atoms with Gasteiger partial charge in [-0.05, 0) is 25.2 Å². The Balaban J connectivity index is 2.53. The van der Waals surface area contributed by atoms with E-state index in [9.17, 15) is 9.67 Å². The Kier molecular flexibility index (Phi) is 2.43. The van der Waals surface area contributed by atoms with E-state index >= 15 is 0 Å². The topological polar surface area (TPSA) is 37.3 Å². The Hall–Kier alpha value is 0.0600. The Morgan fingerprint density at radius 3 is 2.80 bits per heavy atom. The molecule has 0 aliphatic heterocycles. The predicted octanol–water partition coefficient (Wildman–Crippen LogP) is 2.18. The second-order valence-electron chi connectivity index (χ2n) is 3.28. The van der Waals surface area contributed by atoms with Crippen molar-refractivity contribution in [3.8, 4) is 0 Å². The zero-order valence-electron chi connectivity index (χ0n) is 6.21. The molecule has 2 atom stereocenters. The maximum absolute atomic E-state index is 10.5. The van der Waals surface area contributed by atoms with Gasteiger partial charge in [-0.3, -0.25) is 4.57 Å². The van der Waals surface area contributed by atoms with E-state index in [1.807, 2.05) is 0 Å². The Morgan fingerprint density at radius 2 is 2.40 bits per heavy atom. The molecule has 0 bridgehead atoms. The van der Waals surface area contributed by atoms with E-state index in [0.717, 1.165) is 12.8 Å². The Morgan fingerprint density at radius 1 is 1.70 bits per heavy atom. The average Bonchev–Trinajstić information content (AvgIpc) is 1.88. The van der Waals surface area contributed by atoms with Crippen molar-refractivity contribution >= 4 is 8.46 Å². The van der Waals surface area contributed by atoms with Crippen molar-refractivity contribution in [2.75, 3.05) is 0 Å². The van der Waals surface area contributed by atoms with Crippen LogP contribution in [0.2, 0.25) is 0 Å². The van der Waals surface area contributed by atoms with Gasteiger partial charge in [0, 0.05) is 0 Å². The maximum Gasteiger partial charge on any atom is 0.190 e. The van der Waals surface area contributed by atoms with E-state index in [2.05, 4.69) is 6.92 Å². The summed E-state index contributed by atoms with van der Waals surface area (Å²) in [7, 11) is -0.0956. The molecule has 0 aromatic heterocycles. The van der Waals surface area contributed by atoms with Crippen molar-refractivity contribution in [3.05, 3.63) is 0 Å². The lowest BCUT2D eigenvalue weighted by atomic mass is 9.88. The first-order valence-corrected chi connectivity index (χ1v) is 4.54. The van der Waals surface area contributed by atoms with Crippen LogP contribution in [0, 0.1) is 5.92 Å². The molecule has 1 saturated carbocycles. The van der Waals surface area contributed by atoms with Gasteiger partial charge in [-0.2, -0.15) is 0 Å². The molecule has 0 radical (unpaired) electrons. The fourth-order valence-electron chi connectivity index (χ4n) is 1.58. The summed E-state index contributed by atoms with van der Waals surface area (Å²) in [6.07, 6.45) is 3.56. The van der Waals surface area contributed by atoms with Crippen LogP contribution in [0.4, 0.5) is 0 Å². The zero-order chi connectivity index (χ0) is 7.61. The van der Waals surface area contributed by atoms with E-state index in [0.29, 0.717) is 18.8 Å². The minimum absolute atomic E-state index is 0.0956. The highest BCUT2D eigenvalue weighted by Crippen LogP contribution is 2.38. The number of hydrogen-bond donors (Lipinski definition) is 1. The van der Waals surface area contributed by atoms with Crippen molar-refractivity contribution in [3.63, 3.8) is 0 Å². The Bertz CT molecular complexity index is 138. The van der Waals surface area contributed by atoms with Gasteiger partial charge in [-0.25, -0.2) is 0 Å². The molecular formula is C7H13O2P. The zero-order valence-corrected chi connectivity index (χ0v) is 7.10. The van der Waals surface area contributed by atoms with Crippen LogP contribution >= 0.6 is 8.46 Å². The molecule has 0 aromatic carbocycles. The third kappa shape index (κ3) is 1.77. The molecule has 10 heavy (non-hydrogen) atoms. The summed E-state index contributed by atoms with van der Waals surface area (Å²) in [6, 6.07) is 0. The van der Waals surface area contributed by atoms with Crippen LogP contribution in [0.5, 0.6) is 0 Å². The van der Waals surface area contributed by atoms with Crippen molar-refractivity contribution in [1.82, 2.24) is 0 Å². The van der Waals surface area contributed by atoms with Crippen molar-refractivity contribution in [2.45, 2.75) is 37.9 Å². The number of aliphatic hydroxyl groups is 1. The highest BCUT2D eigenvalue weighted by Gasteiger charge is 2.32. The van der Waals surface area contributed by atoms with Gasteiger partial charge in [0.2, 0.25) is 0 Å². The van der Waals surface area contributed by atoms with Crippen molar-refractivity contribution in [2.24, 2.45) is 5.92 Å². The van der Waals surface area contributed by atoms with Crippen LogP contribution in [-0.2, 0) is 4.57 Å². The molecule has 0 saturated heterocycles. The first-order valence-electron chi connectivity index (χ1n) is 3.73. The minimum Gasteiger partial charge on any atom is -0.378 e. The first kappa shape index (κ1) is 8.16. The fourth-order valence-corrected chi connectivity index (χ4v) is 2.21. The molecule has 1 aliphatic rings. The summed E-state index contributed by atoms with van der Waals surface area (Å²) in [4.78, 5) is 0. The molecule has 0 heterocycles. The van der Waals surface area contributed by atoms with E-state index in [1.54, 1.807) is 0 Å². The summed E-state index contributed by atoms with van der Waals surface area (Å²) in [5, 5.41) is 8.63. The molecule has 0 aromatic rings. The quantitative estimate of drug-likeness (QED) is 0.597. The van der Waals surface area contributed by atoms with E-state index in [4.69, 9.17) is 0 Å². The smallest absolute Gasteiger partial charge is 0.190 e. The first-order chi connectivity index (χ1) is 4.66. The van der Waals surface area contributed by atoms with Crippen molar-refractivity contribution < 1.29 is 9.67 Å². The molecule has 1 N–H and O–H groups in total. The lowest BCUT2D eigenvalue weighted by molar-refractivity contribution is 0.0668. The lowest BCUT2D eigenvalue weighted by Crippen LogP contribution is -2.28. The SMILES string of the molecule is CC1CCCC(O)(P=O)C1. The van der Waals surface area contributed by atoms with Crippen molar-refractivity contribution in [1.29, 1.82) is 0 Å². The molecule has 0 amide bonds. The summed E-state index contributed by atoms with van der Waals surface area (Å²) in [6.45, 7) is 2.09. The molecular weight excluding hydrogens is 147 g/mol. The molecule has 2 unspecified atom stereocenters. The maximum atomic E-state index is 10.5. The summed E-state index contributed by atoms with van der Waals surface area (Å²) >= 11 is 0. The van der Waals surface area contributed by atoms with Crippen LogP contribution in [0.25, 0.3) is 0 Å². The van der Waals surface area contributed by atoms with Gasteiger partial charge in [0.15, 0.2) is 8.46 Å². The van der Waals surface area contributed by atoms with E-state index < -0.39 is 5.34 Å². The molecule has 58 valence electrons. The van der Waals surface area contributed by atoms with Gasteiger partial charge in [0.05, 0.1) is 0 Å². The van der Waals surface area contributed by atoms with Gasteiger partial charge in [0.1, 0.15) is 5.34 Å². The summed E-state index contributed by atoms with van der Waals surface area (Å²) in [5.74, 6) is 0.528. The number of hydrogen-bond acceptors (Lipinski definition) is 2. The molecule has 2 nitrogen and oxygen atoms in total. The second-order valence-corrected chi connectivity index (χ2v) is 4.29. The fraction of sp³-hybridized carbons (Fsp3) is 1.00. The van der Waals surface area contributed by atoms with E-state index in [-0.39, 0.29) is 8.46 Å². The summed E-state index contributed by atoms with van der Waals surface area (Å²) < 4.78 is 10.5. The Labute approximate surface area is 62.8 Å². The predicted molar refractivity (Wildman–Crippen MR) is 40.2 cm³/mol. The van der Waals surface area contributed by atoms with Gasteiger partial charge in [-0.1, -0.05) is 13.3 Å². The van der Waals surface area contributed by atoms with Crippen LogP contribution in [0.15, 0.2) is 0 Å². The third-order valence-electron chi connectivity index (χ3n) is 2.12. The van der Waals surface area contributed by atoms with Crippen LogP contribution in [-0.4, -0.2) is 10.4 Å². The molecule has 1 fully saturated rings. The number of rotatable bonds is 1. The molecule has 1 rings (SSSR count). The molecule has 1 aliphatic carbocycles. The third-order valence-corrected chi connectivity index (χ3v) is 2.87.